The van der Waals surface area contributed by atoms with Crippen molar-refractivity contribution in [2.75, 3.05) is 6.61 Å². The third kappa shape index (κ3) is 16.3. The van der Waals surface area contributed by atoms with E-state index in [0.29, 0.717) is 12.8 Å². The lowest BCUT2D eigenvalue weighted by Gasteiger charge is -2.12. The van der Waals surface area contributed by atoms with E-state index < -0.39 is 0 Å². The van der Waals surface area contributed by atoms with Crippen LogP contribution in [0.15, 0.2) is 0 Å². The fourth-order valence-corrected chi connectivity index (χ4v) is 2.96. The van der Waals surface area contributed by atoms with E-state index in [4.69, 9.17) is 9.84 Å². The minimum absolute atomic E-state index is 0.0685. The zero-order valence-electron chi connectivity index (χ0n) is 16.4. The van der Waals surface area contributed by atoms with Gasteiger partial charge in [0.25, 0.3) is 0 Å². The van der Waals surface area contributed by atoms with Crippen molar-refractivity contribution < 1.29 is 14.6 Å². The second kappa shape index (κ2) is 18.8. The highest BCUT2D eigenvalue weighted by Gasteiger charge is 2.10. The van der Waals surface area contributed by atoms with Crippen molar-refractivity contribution in [2.24, 2.45) is 0 Å². The van der Waals surface area contributed by atoms with Gasteiger partial charge in [-0.15, -0.1) is 0 Å². The van der Waals surface area contributed by atoms with Gasteiger partial charge in [-0.1, -0.05) is 97.3 Å². The molecule has 0 aromatic carbocycles. The molecule has 0 saturated carbocycles. The molecule has 0 aliphatic rings. The number of carbonyl (C=O) groups is 1. The van der Waals surface area contributed by atoms with Crippen molar-refractivity contribution in [1.82, 2.24) is 0 Å². The molecule has 0 aromatic heterocycles. The lowest BCUT2D eigenvalue weighted by molar-refractivity contribution is -0.151. The molecule has 0 aliphatic carbocycles. The van der Waals surface area contributed by atoms with Crippen molar-refractivity contribution in [3.63, 3.8) is 0 Å². The summed E-state index contributed by atoms with van der Waals surface area (Å²) in [5.41, 5.74) is 0. The Morgan fingerprint density at radius 3 is 1.54 bits per heavy atom. The Labute approximate surface area is 150 Å². The fraction of sp³-hybridized carbons (Fsp3) is 0.952. The highest BCUT2D eigenvalue weighted by molar-refractivity contribution is 5.69. The molecule has 0 heterocycles. The molecular weight excluding hydrogens is 300 g/mol. The van der Waals surface area contributed by atoms with Gasteiger partial charge in [0, 0.05) is 6.42 Å². The van der Waals surface area contributed by atoms with Gasteiger partial charge in [0.1, 0.15) is 6.10 Å². The summed E-state index contributed by atoms with van der Waals surface area (Å²) in [6, 6.07) is 0. The lowest BCUT2D eigenvalue weighted by atomic mass is 10.0. The summed E-state index contributed by atoms with van der Waals surface area (Å²) in [6.45, 7) is 4.12. The molecule has 0 aliphatic heterocycles. The molecule has 1 N–H and O–H groups in total. The van der Waals surface area contributed by atoms with E-state index in [1.807, 2.05) is 6.92 Å². The quantitative estimate of drug-likeness (QED) is 0.239. The molecule has 0 amide bonds. The van der Waals surface area contributed by atoms with Crippen molar-refractivity contribution in [3.8, 4) is 0 Å². The van der Waals surface area contributed by atoms with Crippen molar-refractivity contribution in [1.29, 1.82) is 0 Å². The highest BCUT2D eigenvalue weighted by atomic mass is 16.5. The first-order valence-electron chi connectivity index (χ1n) is 10.5. The van der Waals surface area contributed by atoms with Crippen molar-refractivity contribution >= 4 is 5.97 Å². The number of unbranched alkanes of at least 4 members (excludes halogenated alkanes) is 13. The van der Waals surface area contributed by atoms with E-state index in [0.717, 1.165) is 12.8 Å². The van der Waals surface area contributed by atoms with Crippen LogP contribution in [-0.4, -0.2) is 23.8 Å². The van der Waals surface area contributed by atoms with E-state index in [1.54, 1.807) is 0 Å². The minimum atomic E-state index is -0.316. The van der Waals surface area contributed by atoms with Crippen LogP contribution in [-0.2, 0) is 9.53 Å². The first-order valence-corrected chi connectivity index (χ1v) is 10.5. The molecule has 0 rings (SSSR count). The molecule has 3 heteroatoms. The van der Waals surface area contributed by atoms with Crippen LogP contribution in [0.4, 0.5) is 0 Å². The molecule has 0 radical (unpaired) electrons. The number of hydrogen-bond donors (Lipinski definition) is 1. The Bertz CT molecular complexity index is 262. The molecule has 144 valence electrons. The molecular formula is C21H42O3. The van der Waals surface area contributed by atoms with Gasteiger partial charge >= 0.3 is 5.97 Å². The van der Waals surface area contributed by atoms with E-state index in [2.05, 4.69) is 6.92 Å². The Morgan fingerprint density at radius 1 is 0.750 bits per heavy atom. The van der Waals surface area contributed by atoms with Gasteiger partial charge in [-0.3, -0.25) is 4.79 Å². The maximum atomic E-state index is 11.6. The van der Waals surface area contributed by atoms with Crippen LogP contribution < -0.4 is 0 Å². The van der Waals surface area contributed by atoms with Crippen LogP contribution in [0, 0.1) is 0 Å². The summed E-state index contributed by atoms with van der Waals surface area (Å²) in [6.07, 6.45) is 19.3. The largest absolute Gasteiger partial charge is 0.460 e. The van der Waals surface area contributed by atoms with Gasteiger partial charge in [0.2, 0.25) is 0 Å². The average molecular weight is 343 g/mol. The van der Waals surface area contributed by atoms with Crippen LogP contribution in [0.5, 0.6) is 0 Å². The molecule has 1 atom stereocenters. The van der Waals surface area contributed by atoms with Crippen molar-refractivity contribution in [3.05, 3.63) is 0 Å². The zero-order valence-corrected chi connectivity index (χ0v) is 16.4. The molecule has 0 spiro atoms. The van der Waals surface area contributed by atoms with E-state index >= 15 is 0 Å². The van der Waals surface area contributed by atoms with Gasteiger partial charge in [-0.2, -0.15) is 0 Å². The van der Waals surface area contributed by atoms with Gasteiger partial charge in [0.15, 0.2) is 0 Å². The fourth-order valence-electron chi connectivity index (χ4n) is 2.96. The summed E-state index contributed by atoms with van der Waals surface area (Å²) in [5, 5.41) is 8.99. The molecule has 1 unspecified atom stereocenters. The number of carbonyl (C=O) groups excluding carboxylic acids is 1. The van der Waals surface area contributed by atoms with E-state index in [9.17, 15) is 4.79 Å². The smallest absolute Gasteiger partial charge is 0.306 e. The third-order valence-corrected chi connectivity index (χ3v) is 4.69. The Hall–Kier alpha value is -0.570. The zero-order chi connectivity index (χ0) is 17.9. The summed E-state index contributed by atoms with van der Waals surface area (Å²) >= 11 is 0. The first kappa shape index (κ1) is 23.4. The molecule has 0 bridgehead atoms. The lowest BCUT2D eigenvalue weighted by Crippen LogP contribution is -2.20. The molecule has 0 saturated heterocycles. The molecule has 24 heavy (non-hydrogen) atoms. The number of aliphatic hydroxyl groups excluding tert-OH is 1. The second-order valence-electron chi connectivity index (χ2n) is 7.05. The molecule has 0 fully saturated rings. The number of hydrogen-bond acceptors (Lipinski definition) is 3. The monoisotopic (exact) mass is 342 g/mol. The first-order chi connectivity index (χ1) is 11.7. The normalized spacial score (nSPS) is 12.3. The topological polar surface area (TPSA) is 46.5 Å². The average Bonchev–Trinajstić information content (AvgIpc) is 2.60. The Kier molecular flexibility index (Phi) is 18.3. The van der Waals surface area contributed by atoms with Gasteiger partial charge < -0.3 is 9.84 Å². The summed E-state index contributed by atoms with van der Waals surface area (Å²) in [5.74, 6) is -0.158. The van der Waals surface area contributed by atoms with Gasteiger partial charge in [0.05, 0.1) is 6.61 Å². The number of rotatable bonds is 18. The number of esters is 1. The third-order valence-electron chi connectivity index (χ3n) is 4.69. The predicted octanol–water partition coefficient (Wildman–Crippen LogP) is 6.17. The van der Waals surface area contributed by atoms with E-state index in [-0.39, 0.29) is 18.7 Å². The Morgan fingerprint density at radius 2 is 1.17 bits per heavy atom. The van der Waals surface area contributed by atoms with Crippen LogP contribution in [0.1, 0.15) is 117 Å². The van der Waals surface area contributed by atoms with Crippen LogP contribution in [0.2, 0.25) is 0 Å². The molecule has 3 nitrogen and oxygen atoms in total. The highest BCUT2D eigenvalue weighted by Crippen LogP contribution is 2.13. The molecule has 0 aromatic rings. The van der Waals surface area contributed by atoms with Gasteiger partial charge in [-0.05, 0) is 12.8 Å². The maximum Gasteiger partial charge on any atom is 0.306 e. The second-order valence-corrected chi connectivity index (χ2v) is 7.05. The minimum Gasteiger partial charge on any atom is -0.460 e. The summed E-state index contributed by atoms with van der Waals surface area (Å²) < 4.78 is 5.17. The maximum absolute atomic E-state index is 11.6. The van der Waals surface area contributed by atoms with Crippen LogP contribution in [0.3, 0.4) is 0 Å². The van der Waals surface area contributed by atoms with Gasteiger partial charge in [-0.25, -0.2) is 0 Å². The number of ether oxygens (including phenoxy) is 1. The summed E-state index contributed by atoms with van der Waals surface area (Å²) in [4.78, 5) is 11.6. The van der Waals surface area contributed by atoms with Crippen LogP contribution >= 0.6 is 0 Å². The van der Waals surface area contributed by atoms with E-state index in [1.165, 1.54) is 77.0 Å². The van der Waals surface area contributed by atoms with Crippen LogP contribution in [0.25, 0.3) is 0 Å². The predicted molar refractivity (Wildman–Crippen MR) is 102 cm³/mol. The number of aliphatic hydroxyl groups is 1. The SMILES string of the molecule is CCCCCCCCCCCCCCCCC(=O)OC(CC)CO. The Balaban J connectivity index is 3.18. The van der Waals surface area contributed by atoms with Crippen molar-refractivity contribution in [2.45, 2.75) is 123 Å². The standard InChI is InChI=1S/C21H42O3/c1-3-5-6-7-8-9-10-11-12-13-14-15-16-17-18-21(23)24-20(4-2)19-22/h20,22H,3-19H2,1-2H3. The summed E-state index contributed by atoms with van der Waals surface area (Å²) in [7, 11) is 0.